The summed E-state index contributed by atoms with van der Waals surface area (Å²) in [6, 6.07) is 0. The highest BCUT2D eigenvalue weighted by Gasteiger charge is 2.02. The van der Waals surface area contributed by atoms with Crippen LogP contribution in [0.1, 0.15) is 27.2 Å². The third-order valence-electron chi connectivity index (χ3n) is 1.82. The normalized spacial score (nSPS) is 20.1. The molecule has 0 aromatic rings. The van der Waals surface area contributed by atoms with Gasteiger partial charge in [0.15, 0.2) is 0 Å². The molecule has 0 bridgehead atoms. The predicted molar refractivity (Wildman–Crippen MR) is 41.0 cm³/mol. The van der Waals surface area contributed by atoms with E-state index in [0.29, 0.717) is 0 Å². The number of allylic oxidation sites excluding steroid dienone is 4. The van der Waals surface area contributed by atoms with Crippen LogP contribution in [-0.4, -0.2) is 0 Å². The molecule has 0 atom stereocenters. The molecule has 0 fully saturated rings. The Kier molecular flexibility index (Phi) is 1.75. The van der Waals surface area contributed by atoms with E-state index >= 15 is 0 Å². The zero-order chi connectivity index (χ0) is 6.85. The highest BCUT2D eigenvalue weighted by molar-refractivity contribution is 5.35. The van der Waals surface area contributed by atoms with E-state index in [9.17, 15) is 0 Å². The summed E-state index contributed by atoms with van der Waals surface area (Å²) < 4.78 is 0. The second kappa shape index (κ2) is 2.38. The van der Waals surface area contributed by atoms with Gasteiger partial charge in [-0.25, -0.2) is 0 Å². The van der Waals surface area contributed by atoms with Crippen LogP contribution < -0.4 is 0 Å². The molecule has 0 spiro atoms. The summed E-state index contributed by atoms with van der Waals surface area (Å²) in [6.07, 6.45) is 5.68. The van der Waals surface area contributed by atoms with Crippen molar-refractivity contribution in [2.45, 2.75) is 27.2 Å². The van der Waals surface area contributed by atoms with Crippen molar-refractivity contribution in [1.29, 1.82) is 0 Å². The molecule has 1 aliphatic rings. The van der Waals surface area contributed by atoms with Crippen molar-refractivity contribution in [2.75, 3.05) is 0 Å². The van der Waals surface area contributed by atoms with E-state index in [0.717, 1.165) is 6.42 Å². The molecule has 1 aliphatic carbocycles. The smallest absolute Gasteiger partial charge is 0.00942 e. The molecule has 0 N–H and O–H groups in total. The van der Waals surface area contributed by atoms with Crippen molar-refractivity contribution in [3.8, 4) is 0 Å². The highest BCUT2D eigenvalue weighted by atomic mass is 14.1. The zero-order valence-electron chi connectivity index (χ0n) is 6.36. The van der Waals surface area contributed by atoms with E-state index in [1.54, 1.807) is 0 Å². The van der Waals surface area contributed by atoms with Gasteiger partial charge >= 0.3 is 0 Å². The summed E-state index contributed by atoms with van der Waals surface area (Å²) in [5.74, 6) is 0. The largest absolute Gasteiger partial charge is 0.0724 e. The third-order valence-corrected chi connectivity index (χ3v) is 1.82. The van der Waals surface area contributed by atoms with Gasteiger partial charge in [-0.05, 0) is 33.6 Å². The van der Waals surface area contributed by atoms with Crippen molar-refractivity contribution in [2.24, 2.45) is 0 Å². The van der Waals surface area contributed by atoms with E-state index in [1.807, 2.05) is 0 Å². The van der Waals surface area contributed by atoms with Gasteiger partial charge in [-0.15, -0.1) is 0 Å². The number of rotatable bonds is 0. The summed E-state index contributed by atoms with van der Waals surface area (Å²) in [5, 5.41) is 0. The molecule has 0 aromatic carbocycles. The molecule has 0 aromatic heterocycles. The first-order chi connectivity index (χ1) is 4.20. The van der Waals surface area contributed by atoms with Crippen molar-refractivity contribution < 1.29 is 0 Å². The van der Waals surface area contributed by atoms with Gasteiger partial charge in [-0.3, -0.25) is 0 Å². The molecule has 49 valence electrons. The van der Waals surface area contributed by atoms with Crippen molar-refractivity contribution >= 4 is 0 Å². The van der Waals surface area contributed by atoms with Gasteiger partial charge in [0.05, 0.1) is 0 Å². The van der Waals surface area contributed by atoms with E-state index in [4.69, 9.17) is 0 Å². The predicted octanol–water partition coefficient (Wildman–Crippen LogP) is 2.88. The molecule has 1 rings (SSSR count). The van der Waals surface area contributed by atoms with Gasteiger partial charge in [0.2, 0.25) is 0 Å². The Morgan fingerprint density at radius 3 is 2.22 bits per heavy atom. The first-order valence-corrected chi connectivity index (χ1v) is 3.38. The lowest BCUT2D eigenvalue weighted by Crippen LogP contribution is -1.92. The average Bonchev–Trinajstić information content (AvgIpc) is 1.80. The van der Waals surface area contributed by atoms with Gasteiger partial charge in [-0.1, -0.05) is 22.8 Å². The standard InChI is InChI=1S/C9H13/c1-7-4-5-8(2)9(3)6-7/h5-6H,4H2,1-3H3. The minimum absolute atomic E-state index is 1.14. The molecule has 0 heterocycles. The Morgan fingerprint density at radius 2 is 1.78 bits per heavy atom. The minimum atomic E-state index is 1.14. The van der Waals surface area contributed by atoms with E-state index in [1.165, 1.54) is 16.7 Å². The second-order valence-electron chi connectivity index (χ2n) is 2.76. The quantitative estimate of drug-likeness (QED) is 0.462. The Hall–Kier alpha value is -0.520. The molecule has 0 saturated heterocycles. The molecule has 0 amide bonds. The van der Waals surface area contributed by atoms with Crippen LogP contribution in [0.15, 0.2) is 22.8 Å². The highest BCUT2D eigenvalue weighted by Crippen LogP contribution is 2.21. The minimum Gasteiger partial charge on any atom is -0.0724 e. The van der Waals surface area contributed by atoms with Gasteiger partial charge in [0.1, 0.15) is 0 Å². The molecule has 0 saturated carbocycles. The first-order valence-electron chi connectivity index (χ1n) is 3.38. The fourth-order valence-electron chi connectivity index (χ4n) is 1.02. The molecule has 0 nitrogen and oxygen atoms in total. The number of hydrogen-bond donors (Lipinski definition) is 0. The van der Waals surface area contributed by atoms with Crippen LogP contribution in [0.25, 0.3) is 0 Å². The van der Waals surface area contributed by atoms with E-state index in [-0.39, 0.29) is 0 Å². The molecule has 0 aliphatic heterocycles. The Balaban J connectivity index is 2.83. The third kappa shape index (κ3) is 1.44. The van der Waals surface area contributed by atoms with Gasteiger partial charge < -0.3 is 0 Å². The maximum absolute atomic E-state index is 2.28. The van der Waals surface area contributed by atoms with Crippen molar-refractivity contribution in [3.63, 3.8) is 0 Å². The number of hydrogen-bond acceptors (Lipinski definition) is 0. The molecule has 0 heteroatoms. The lowest BCUT2D eigenvalue weighted by molar-refractivity contribution is 1.05. The van der Waals surface area contributed by atoms with Crippen LogP contribution >= 0.6 is 0 Å². The topological polar surface area (TPSA) is 0 Å². The maximum atomic E-state index is 2.28. The molecule has 1 radical (unpaired) electrons. The summed E-state index contributed by atoms with van der Waals surface area (Å²) in [6.45, 7) is 6.50. The monoisotopic (exact) mass is 121 g/mol. The summed E-state index contributed by atoms with van der Waals surface area (Å²) in [5.41, 5.74) is 4.32. The van der Waals surface area contributed by atoms with Crippen LogP contribution in [0.4, 0.5) is 0 Å². The summed E-state index contributed by atoms with van der Waals surface area (Å²) in [7, 11) is 0. The summed E-state index contributed by atoms with van der Waals surface area (Å²) in [4.78, 5) is 0. The van der Waals surface area contributed by atoms with Crippen molar-refractivity contribution in [3.05, 3.63) is 29.2 Å². The van der Waals surface area contributed by atoms with Crippen LogP contribution in [0.2, 0.25) is 0 Å². The molecular weight excluding hydrogens is 108 g/mol. The summed E-state index contributed by atoms with van der Waals surface area (Å²) >= 11 is 0. The molecule has 9 heavy (non-hydrogen) atoms. The maximum Gasteiger partial charge on any atom is -0.00942 e. The van der Waals surface area contributed by atoms with Crippen LogP contribution in [0.5, 0.6) is 0 Å². The Morgan fingerprint density at radius 1 is 1.11 bits per heavy atom. The lowest BCUT2D eigenvalue weighted by Gasteiger charge is -2.11. The fourth-order valence-corrected chi connectivity index (χ4v) is 1.02. The zero-order valence-corrected chi connectivity index (χ0v) is 6.36. The van der Waals surface area contributed by atoms with Crippen LogP contribution in [-0.2, 0) is 0 Å². The van der Waals surface area contributed by atoms with Gasteiger partial charge in [0, 0.05) is 0 Å². The van der Waals surface area contributed by atoms with Gasteiger partial charge in [0.25, 0.3) is 0 Å². The second-order valence-corrected chi connectivity index (χ2v) is 2.76. The van der Waals surface area contributed by atoms with Crippen molar-refractivity contribution in [1.82, 2.24) is 0 Å². The van der Waals surface area contributed by atoms with Gasteiger partial charge in [-0.2, -0.15) is 0 Å². The van der Waals surface area contributed by atoms with Crippen LogP contribution in [0.3, 0.4) is 0 Å². The first kappa shape index (κ1) is 6.60. The van der Waals surface area contributed by atoms with E-state index in [2.05, 4.69) is 33.3 Å². The van der Waals surface area contributed by atoms with E-state index < -0.39 is 0 Å². The fraction of sp³-hybridized carbons (Fsp3) is 0.444. The Bertz CT molecular complexity index is 170. The lowest BCUT2D eigenvalue weighted by atomic mass is 9.95. The molecule has 0 unspecified atom stereocenters. The Labute approximate surface area is 57.3 Å². The average molecular weight is 121 g/mol. The van der Waals surface area contributed by atoms with Crippen LogP contribution in [0, 0.1) is 6.42 Å². The SMILES string of the molecule is CC1=CC(C)=C(C)[CH]C1. The molecular formula is C9H13.